The van der Waals surface area contributed by atoms with E-state index in [1.165, 1.54) is 0 Å². The largest absolute Gasteiger partial charge is 0.377 e. The van der Waals surface area contributed by atoms with Gasteiger partial charge in [0, 0.05) is 38.9 Å². The highest BCUT2D eigenvalue weighted by molar-refractivity contribution is 5.04. The van der Waals surface area contributed by atoms with Crippen molar-refractivity contribution < 1.29 is 9.26 Å². The van der Waals surface area contributed by atoms with Gasteiger partial charge in [-0.05, 0) is 12.3 Å². The molecule has 96 valence electrons. The Bertz CT molecular complexity index is 343. The molecule has 0 aromatic carbocycles. The van der Waals surface area contributed by atoms with Crippen molar-refractivity contribution in [3.63, 3.8) is 0 Å². The average molecular weight is 239 g/mol. The maximum Gasteiger partial charge on any atom is 0.162 e. The smallest absolute Gasteiger partial charge is 0.162 e. The van der Waals surface area contributed by atoms with Gasteiger partial charge in [0.2, 0.25) is 0 Å². The molecule has 1 aliphatic rings. The summed E-state index contributed by atoms with van der Waals surface area (Å²) in [4.78, 5) is 2.34. The van der Waals surface area contributed by atoms with E-state index in [0.29, 0.717) is 12.5 Å². The van der Waals surface area contributed by atoms with Crippen LogP contribution in [-0.2, 0) is 17.9 Å². The van der Waals surface area contributed by atoms with E-state index in [1.54, 1.807) is 7.11 Å². The SMILES string of the molecule is COCc1cc(CN2CC(C)CC(N)C2)no1. The maximum absolute atomic E-state index is 6.02. The Hall–Kier alpha value is -0.910. The molecule has 5 nitrogen and oxygen atoms in total. The lowest BCUT2D eigenvalue weighted by Gasteiger charge is -2.34. The van der Waals surface area contributed by atoms with Crippen LogP contribution in [0, 0.1) is 5.92 Å². The Morgan fingerprint density at radius 3 is 3.12 bits per heavy atom. The number of aromatic nitrogens is 1. The molecular formula is C12H21N3O2. The molecule has 0 aliphatic carbocycles. The second-order valence-corrected chi connectivity index (χ2v) is 5.01. The third kappa shape index (κ3) is 3.52. The molecular weight excluding hydrogens is 218 g/mol. The zero-order valence-corrected chi connectivity index (χ0v) is 10.6. The number of methoxy groups -OCH3 is 1. The van der Waals surface area contributed by atoms with Crippen LogP contribution in [0.15, 0.2) is 10.6 Å². The fraction of sp³-hybridized carbons (Fsp3) is 0.750. The molecule has 1 fully saturated rings. The molecule has 5 heteroatoms. The summed E-state index contributed by atoms with van der Waals surface area (Å²) < 4.78 is 10.2. The van der Waals surface area contributed by atoms with E-state index in [4.69, 9.17) is 15.0 Å². The van der Waals surface area contributed by atoms with Crippen molar-refractivity contribution in [2.45, 2.75) is 32.5 Å². The number of ether oxygens (including phenoxy) is 1. The molecule has 2 N–H and O–H groups in total. The number of nitrogens with two attached hydrogens (primary N) is 1. The van der Waals surface area contributed by atoms with E-state index in [-0.39, 0.29) is 6.04 Å². The van der Waals surface area contributed by atoms with Crippen LogP contribution >= 0.6 is 0 Å². The Morgan fingerprint density at radius 2 is 2.41 bits per heavy atom. The van der Waals surface area contributed by atoms with Crippen LogP contribution in [-0.4, -0.2) is 36.3 Å². The van der Waals surface area contributed by atoms with Crippen LogP contribution in [0.5, 0.6) is 0 Å². The van der Waals surface area contributed by atoms with Gasteiger partial charge in [-0.3, -0.25) is 4.90 Å². The highest BCUT2D eigenvalue weighted by Gasteiger charge is 2.22. The molecule has 0 saturated carbocycles. The zero-order valence-electron chi connectivity index (χ0n) is 10.6. The third-order valence-electron chi connectivity index (χ3n) is 3.05. The van der Waals surface area contributed by atoms with Gasteiger partial charge in [-0.1, -0.05) is 12.1 Å². The lowest BCUT2D eigenvalue weighted by molar-refractivity contribution is 0.150. The van der Waals surface area contributed by atoms with Gasteiger partial charge in [-0.2, -0.15) is 0 Å². The highest BCUT2D eigenvalue weighted by atomic mass is 16.5. The van der Waals surface area contributed by atoms with Gasteiger partial charge in [0.25, 0.3) is 0 Å². The Balaban J connectivity index is 1.90. The molecule has 0 bridgehead atoms. The van der Waals surface area contributed by atoms with E-state index in [1.807, 2.05) is 6.07 Å². The van der Waals surface area contributed by atoms with E-state index in [2.05, 4.69) is 17.0 Å². The monoisotopic (exact) mass is 239 g/mol. The Labute approximate surface area is 102 Å². The minimum atomic E-state index is 0.282. The summed E-state index contributed by atoms with van der Waals surface area (Å²) in [6, 6.07) is 2.23. The first-order valence-electron chi connectivity index (χ1n) is 6.08. The van der Waals surface area contributed by atoms with E-state index >= 15 is 0 Å². The fourth-order valence-corrected chi connectivity index (χ4v) is 2.51. The van der Waals surface area contributed by atoms with Crippen molar-refractivity contribution in [1.82, 2.24) is 10.1 Å². The zero-order chi connectivity index (χ0) is 12.3. The number of rotatable bonds is 4. The summed E-state index contributed by atoms with van der Waals surface area (Å²) in [6.07, 6.45) is 1.12. The van der Waals surface area contributed by atoms with Crippen LogP contribution in [0.4, 0.5) is 0 Å². The lowest BCUT2D eigenvalue weighted by Crippen LogP contribution is -2.45. The first-order valence-corrected chi connectivity index (χ1v) is 6.08. The van der Waals surface area contributed by atoms with Gasteiger partial charge in [-0.25, -0.2) is 0 Å². The predicted molar refractivity (Wildman–Crippen MR) is 64.2 cm³/mol. The summed E-state index contributed by atoms with van der Waals surface area (Å²) >= 11 is 0. The van der Waals surface area contributed by atoms with Crippen molar-refractivity contribution >= 4 is 0 Å². The molecule has 17 heavy (non-hydrogen) atoms. The molecule has 2 unspecified atom stereocenters. The predicted octanol–water partition coefficient (Wildman–Crippen LogP) is 0.990. The first kappa shape index (κ1) is 12.5. The molecule has 0 radical (unpaired) electrons. The van der Waals surface area contributed by atoms with E-state index in [0.717, 1.165) is 37.5 Å². The van der Waals surface area contributed by atoms with Crippen molar-refractivity contribution in [2.75, 3.05) is 20.2 Å². The highest BCUT2D eigenvalue weighted by Crippen LogP contribution is 2.17. The minimum Gasteiger partial charge on any atom is -0.377 e. The molecule has 2 heterocycles. The van der Waals surface area contributed by atoms with Gasteiger partial charge in [0.05, 0.1) is 5.69 Å². The number of likely N-dealkylation sites (tertiary alicyclic amines) is 1. The van der Waals surface area contributed by atoms with E-state index in [9.17, 15) is 0 Å². The molecule has 0 spiro atoms. The molecule has 2 atom stereocenters. The number of nitrogens with zero attached hydrogens (tertiary/aromatic N) is 2. The van der Waals surface area contributed by atoms with Crippen LogP contribution in [0.25, 0.3) is 0 Å². The Morgan fingerprint density at radius 1 is 1.59 bits per heavy atom. The molecule has 1 aliphatic heterocycles. The van der Waals surface area contributed by atoms with Crippen LogP contribution in [0.3, 0.4) is 0 Å². The average Bonchev–Trinajstić information content (AvgIpc) is 2.64. The first-order chi connectivity index (χ1) is 8.17. The molecule has 1 aromatic heterocycles. The number of hydrogen-bond acceptors (Lipinski definition) is 5. The van der Waals surface area contributed by atoms with Gasteiger partial charge in [-0.15, -0.1) is 0 Å². The van der Waals surface area contributed by atoms with Crippen molar-refractivity contribution in [1.29, 1.82) is 0 Å². The van der Waals surface area contributed by atoms with Gasteiger partial charge in [0.1, 0.15) is 6.61 Å². The lowest BCUT2D eigenvalue weighted by atomic mass is 9.96. The van der Waals surface area contributed by atoms with Crippen molar-refractivity contribution in [3.05, 3.63) is 17.5 Å². The Kier molecular flexibility index (Phi) is 4.15. The second-order valence-electron chi connectivity index (χ2n) is 5.01. The summed E-state index contributed by atoms with van der Waals surface area (Å²) in [5, 5.41) is 4.04. The van der Waals surface area contributed by atoms with Gasteiger partial charge in [0.15, 0.2) is 5.76 Å². The number of piperidine rings is 1. The standard InChI is InChI=1S/C12H21N3O2/c1-9-3-10(13)6-15(5-9)7-11-4-12(8-16-2)17-14-11/h4,9-10H,3,5-8,13H2,1-2H3. The fourth-order valence-electron chi connectivity index (χ4n) is 2.51. The number of hydrogen-bond donors (Lipinski definition) is 1. The summed E-state index contributed by atoms with van der Waals surface area (Å²) in [6.45, 7) is 5.55. The van der Waals surface area contributed by atoms with Gasteiger partial charge >= 0.3 is 0 Å². The minimum absolute atomic E-state index is 0.282. The van der Waals surface area contributed by atoms with Crippen LogP contribution < -0.4 is 5.73 Å². The van der Waals surface area contributed by atoms with Gasteiger partial charge < -0.3 is 15.0 Å². The topological polar surface area (TPSA) is 64.5 Å². The van der Waals surface area contributed by atoms with Crippen molar-refractivity contribution in [2.24, 2.45) is 11.7 Å². The van der Waals surface area contributed by atoms with Crippen molar-refractivity contribution in [3.8, 4) is 0 Å². The molecule has 1 aromatic rings. The molecule has 2 rings (SSSR count). The normalized spacial score (nSPS) is 26.3. The maximum atomic E-state index is 6.02. The molecule has 1 saturated heterocycles. The van der Waals surface area contributed by atoms with Crippen LogP contribution in [0.2, 0.25) is 0 Å². The summed E-state index contributed by atoms with van der Waals surface area (Å²) in [5.41, 5.74) is 6.97. The van der Waals surface area contributed by atoms with Crippen LogP contribution in [0.1, 0.15) is 24.8 Å². The summed E-state index contributed by atoms with van der Waals surface area (Å²) in [5.74, 6) is 1.43. The quantitative estimate of drug-likeness (QED) is 0.849. The molecule has 0 amide bonds. The summed E-state index contributed by atoms with van der Waals surface area (Å²) in [7, 11) is 1.65. The van der Waals surface area contributed by atoms with E-state index < -0.39 is 0 Å². The third-order valence-corrected chi connectivity index (χ3v) is 3.05. The second kappa shape index (κ2) is 5.62.